The molecule has 1 saturated heterocycles. The Labute approximate surface area is 283 Å². The normalized spacial score (nSPS) is 15.7. The van der Waals surface area contributed by atoms with Crippen molar-refractivity contribution in [3.05, 3.63) is 82.5 Å². The fourth-order valence-electron chi connectivity index (χ4n) is 6.29. The van der Waals surface area contributed by atoms with Crippen LogP contribution in [0.3, 0.4) is 0 Å². The number of aryl methyl sites for hydroxylation is 1. The minimum Gasteiger partial charge on any atom is -0.497 e. The van der Waals surface area contributed by atoms with E-state index in [1.807, 2.05) is 42.6 Å². The maximum absolute atomic E-state index is 14.2. The summed E-state index contributed by atoms with van der Waals surface area (Å²) in [5, 5.41) is 3.95. The highest BCUT2D eigenvalue weighted by Gasteiger charge is 2.40. The number of pyridine rings is 1. The van der Waals surface area contributed by atoms with E-state index in [1.54, 1.807) is 35.6 Å². The van der Waals surface area contributed by atoms with Crippen LogP contribution in [-0.2, 0) is 23.9 Å². The van der Waals surface area contributed by atoms with Crippen molar-refractivity contribution < 1.29 is 27.4 Å². The van der Waals surface area contributed by atoms with E-state index < -0.39 is 30.5 Å². The zero-order valence-corrected chi connectivity index (χ0v) is 27.8. The van der Waals surface area contributed by atoms with E-state index in [0.29, 0.717) is 48.3 Å². The van der Waals surface area contributed by atoms with Crippen LogP contribution in [-0.4, -0.2) is 85.6 Å². The second kappa shape index (κ2) is 13.1. The number of para-hydroxylation sites is 1. The number of nitrogens with zero attached hydrogens (tertiary/aromatic N) is 7. The van der Waals surface area contributed by atoms with Crippen molar-refractivity contribution in [2.45, 2.75) is 32.1 Å². The average molecular weight is 691 g/mol. The molecule has 6 aromatic rings. The number of amides is 1. The first kappa shape index (κ1) is 32.5. The number of benzene rings is 2. The minimum atomic E-state index is -4.78. The maximum Gasteiger partial charge on any atom is 0.449 e. The van der Waals surface area contributed by atoms with E-state index in [1.165, 1.54) is 19.2 Å². The predicted molar refractivity (Wildman–Crippen MR) is 179 cm³/mol. The van der Waals surface area contributed by atoms with Gasteiger partial charge in [0.25, 0.3) is 0 Å². The number of carbonyl (C=O) groups excluding carboxylic acids is 1. The van der Waals surface area contributed by atoms with Crippen LogP contribution >= 0.6 is 11.3 Å². The zero-order valence-electron chi connectivity index (χ0n) is 27.0. The molecule has 0 bridgehead atoms. The number of imidazole rings is 2. The van der Waals surface area contributed by atoms with E-state index >= 15 is 0 Å². The third-order valence-electron chi connectivity index (χ3n) is 8.72. The van der Waals surface area contributed by atoms with E-state index in [-0.39, 0.29) is 17.6 Å². The molecule has 1 fully saturated rings. The summed E-state index contributed by atoms with van der Waals surface area (Å²) < 4.78 is 54.5. The number of aromatic nitrogens is 6. The Kier molecular flexibility index (Phi) is 8.71. The highest BCUT2D eigenvalue weighted by Crippen LogP contribution is 2.35. The topological polar surface area (TPSA) is 114 Å². The Morgan fingerprint density at radius 1 is 1.04 bits per heavy atom. The number of H-pyrrole nitrogens is 1. The summed E-state index contributed by atoms with van der Waals surface area (Å²) in [6.07, 6.45) is -2.38. The van der Waals surface area contributed by atoms with Crippen molar-refractivity contribution in [2.24, 2.45) is 0 Å². The highest BCUT2D eigenvalue weighted by molar-refractivity contribution is 7.09. The second-order valence-electron chi connectivity index (χ2n) is 11.8. The van der Waals surface area contributed by atoms with Crippen LogP contribution in [0.25, 0.3) is 33.2 Å². The number of piperazine rings is 1. The first-order chi connectivity index (χ1) is 23.6. The monoisotopic (exact) mass is 690 g/mol. The van der Waals surface area contributed by atoms with Crippen LogP contribution < -0.4 is 9.47 Å². The first-order valence-electron chi connectivity index (χ1n) is 15.6. The molecule has 0 spiro atoms. The standard InChI is InChI=1S/C34H33F3N8O3S/c1-20-39-22(19-49-20)10-11-43-12-13-44(30(46)18-45-28-15-23(47-2)8-9-26(28)42-33(45)34(35,36)37)29(17-43)31-38-16-27(40-31)24-14-21-6-4-5-7-25(21)41-32(24)48-3/h4-9,14-16,19,29H,10-13,17-18H2,1-3H3,(H,38,40). The Morgan fingerprint density at radius 2 is 1.88 bits per heavy atom. The predicted octanol–water partition coefficient (Wildman–Crippen LogP) is 5.90. The van der Waals surface area contributed by atoms with Gasteiger partial charge in [0.05, 0.1) is 58.9 Å². The summed E-state index contributed by atoms with van der Waals surface area (Å²) in [7, 11) is 2.98. The van der Waals surface area contributed by atoms with Crippen LogP contribution in [0.15, 0.2) is 60.1 Å². The number of rotatable bonds is 9. The van der Waals surface area contributed by atoms with Gasteiger partial charge >= 0.3 is 6.18 Å². The van der Waals surface area contributed by atoms with E-state index in [0.717, 1.165) is 32.6 Å². The molecule has 49 heavy (non-hydrogen) atoms. The molecule has 1 amide bonds. The van der Waals surface area contributed by atoms with Gasteiger partial charge in [-0.2, -0.15) is 13.2 Å². The quantitative estimate of drug-likeness (QED) is 0.200. The maximum atomic E-state index is 14.2. The van der Waals surface area contributed by atoms with Crippen LogP contribution in [0.5, 0.6) is 11.6 Å². The van der Waals surface area contributed by atoms with E-state index in [2.05, 4.69) is 24.8 Å². The lowest BCUT2D eigenvalue weighted by molar-refractivity contribution is -0.148. The zero-order chi connectivity index (χ0) is 34.3. The van der Waals surface area contributed by atoms with Gasteiger partial charge in [0, 0.05) is 49.4 Å². The molecule has 4 aromatic heterocycles. The Bertz CT molecular complexity index is 2140. The third-order valence-corrected chi connectivity index (χ3v) is 9.54. The number of alkyl halides is 3. The Morgan fingerprint density at radius 3 is 2.63 bits per heavy atom. The summed E-state index contributed by atoms with van der Waals surface area (Å²) in [5.74, 6) is -0.364. The number of hydrogen-bond donors (Lipinski definition) is 1. The number of thiazole rings is 1. The van der Waals surface area contributed by atoms with Gasteiger partial charge in [0.2, 0.25) is 17.6 Å². The minimum absolute atomic E-state index is 0.119. The lowest BCUT2D eigenvalue weighted by atomic mass is 10.1. The summed E-state index contributed by atoms with van der Waals surface area (Å²) in [5.41, 5.74) is 3.38. The highest BCUT2D eigenvalue weighted by atomic mass is 32.1. The molecule has 1 N–H and O–H groups in total. The molecule has 254 valence electrons. The molecular weight excluding hydrogens is 657 g/mol. The smallest absolute Gasteiger partial charge is 0.449 e. The molecule has 5 heterocycles. The van der Waals surface area contributed by atoms with Crippen molar-refractivity contribution in [3.63, 3.8) is 0 Å². The van der Waals surface area contributed by atoms with Gasteiger partial charge in [-0.05, 0) is 31.2 Å². The lowest BCUT2D eigenvalue weighted by Gasteiger charge is -2.40. The Balaban J connectivity index is 1.22. The average Bonchev–Trinajstić information content (AvgIpc) is 3.85. The van der Waals surface area contributed by atoms with E-state index in [9.17, 15) is 18.0 Å². The van der Waals surface area contributed by atoms with Gasteiger partial charge in [-0.3, -0.25) is 9.69 Å². The fourth-order valence-corrected chi connectivity index (χ4v) is 6.94. The number of nitrogens with one attached hydrogen (secondary N) is 1. The molecule has 1 aliphatic rings. The van der Waals surface area contributed by atoms with Crippen molar-refractivity contribution in [2.75, 3.05) is 40.4 Å². The molecule has 0 aliphatic carbocycles. The van der Waals surface area contributed by atoms with Crippen molar-refractivity contribution in [1.29, 1.82) is 0 Å². The van der Waals surface area contributed by atoms with Gasteiger partial charge < -0.3 is 23.9 Å². The van der Waals surface area contributed by atoms with Gasteiger partial charge in [0.1, 0.15) is 24.2 Å². The number of ether oxygens (including phenoxy) is 2. The fraction of sp³-hybridized carbons (Fsp3) is 0.324. The van der Waals surface area contributed by atoms with Gasteiger partial charge in [-0.25, -0.2) is 19.9 Å². The lowest BCUT2D eigenvalue weighted by Crippen LogP contribution is -2.52. The third kappa shape index (κ3) is 6.55. The number of fused-ring (bicyclic) bond motifs is 2. The molecule has 11 nitrogen and oxygen atoms in total. The molecule has 1 aliphatic heterocycles. The van der Waals surface area contributed by atoms with Crippen molar-refractivity contribution in [1.82, 2.24) is 39.3 Å². The van der Waals surface area contributed by atoms with Crippen molar-refractivity contribution >= 4 is 39.2 Å². The molecule has 15 heteroatoms. The molecule has 1 atom stereocenters. The summed E-state index contributed by atoms with van der Waals surface area (Å²) in [4.78, 5) is 39.1. The Hall–Kier alpha value is -5.02. The molecular formula is C34H33F3N8O3S. The molecule has 7 rings (SSSR count). The number of hydrogen-bond acceptors (Lipinski definition) is 9. The molecule has 0 radical (unpaired) electrons. The molecule has 2 aromatic carbocycles. The largest absolute Gasteiger partial charge is 0.497 e. The summed E-state index contributed by atoms with van der Waals surface area (Å²) in [6, 6.07) is 13.5. The molecule has 0 saturated carbocycles. The van der Waals surface area contributed by atoms with Crippen molar-refractivity contribution in [3.8, 4) is 22.9 Å². The van der Waals surface area contributed by atoms with Crippen LogP contribution in [0.2, 0.25) is 0 Å². The van der Waals surface area contributed by atoms with Crippen LogP contribution in [0, 0.1) is 6.92 Å². The number of halogens is 3. The van der Waals surface area contributed by atoms with Crippen LogP contribution in [0.4, 0.5) is 13.2 Å². The number of aromatic amines is 1. The SMILES string of the molecule is COc1ccc2nc(C(F)(F)F)n(CC(=O)N3CCN(CCc4csc(C)n4)CC3c3ncc(-c4cc5ccccc5nc4OC)[nH]3)c2c1. The van der Waals surface area contributed by atoms with E-state index in [4.69, 9.17) is 14.5 Å². The van der Waals surface area contributed by atoms with Gasteiger partial charge in [0.15, 0.2) is 0 Å². The summed E-state index contributed by atoms with van der Waals surface area (Å²) >= 11 is 1.60. The number of methoxy groups -OCH3 is 2. The second-order valence-corrected chi connectivity index (χ2v) is 12.9. The summed E-state index contributed by atoms with van der Waals surface area (Å²) in [6.45, 7) is 3.33. The van der Waals surface area contributed by atoms with Gasteiger partial charge in [-0.1, -0.05) is 18.2 Å². The first-order valence-corrected chi connectivity index (χ1v) is 16.5. The molecule has 1 unspecified atom stereocenters. The van der Waals surface area contributed by atoms with Gasteiger partial charge in [-0.15, -0.1) is 11.3 Å². The van der Waals surface area contributed by atoms with Crippen LogP contribution in [0.1, 0.15) is 28.4 Å². The number of carbonyl (C=O) groups is 1.